The monoisotopic (exact) mass is 533 g/mol. The molecule has 0 fully saturated rings. The zero-order valence-corrected chi connectivity index (χ0v) is 25.0. The van der Waals surface area contributed by atoms with Crippen molar-refractivity contribution in [3.05, 3.63) is 84.9 Å². The van der Waals surface area contributed by atoms with Crippen molar-refractivity contribution in [1.82, 2.24) is 14.7 Å². The molecule has 0 amide bonds. The Balaban J connectivity index is 1.68. The van der Waals surface area contributed by atoms with Crippen LogP contribution in [0.3, 0.4) is 0 Å². The maximum atomic E-state index is 7.11. The van der Waals surface area contributed by atoms with Gasteiger partial charge in [0.2, 0.25) is 9.04 Å². The summed E-state index contributed by atoms with van der Waals surface area (Å²) in [4.78, 5) is 5.05. The van der Waals surface area contributed by atoms with E-state index >= 15 is 0 Å². The van der Waals surface area contributed by atoms with Crippen LogP contribution < -0.4 is 10.4 Å². The standard InChI is InChI=1S/C29H39N3O3Si2/c1-29(2,3)27(35-36(23-13-9-7-10-14-23)24-15-11-8-12-16-24)26-21-32(22-33-19-20-37(4,5)6)28(30-26)25-17-18-34-31-25/h7-18,21,27,36H,19-20,22H2,1-6H3. The molecule has 1 atom stereocenters. The molecule has 0 radical (unpaired) electrons. The quantitative estimate of drug-likeness (QED) is 0.188. The minimum absolute atomic E-state index is 0.187. The van der Waals surface area contributed by atoms with Crippen LogP contribution in [0.15, 0.2) is 83.7 Å². The van der Waals surface area contributed by atoms with Crippen LogP contribution in [0.5, 0.6) is 0 Å². The predicted molar refractivity (Wildman–Crippen MR) is 154 cm³/mol. The highest BCUT2D eigenvalue weighted by Crippen LogP contribution is 2.37. The lowest BCUT2D eigenvalue weighted by atomic mass is 9.87. The summed E-state index contributed by atoms with van der Waals surface area (Å²) in [5.41, 5.74) is 1.38. The van der Waals surface area contributed by atoms with Gasteiger partial charge in [-0.3, -0.25) is 0 Å². The maximum Gasteiger partial charge on any atom is 0.240 e. The second-order valence-electron chi connectivity index (χ2n) is 11.8. The van der Waals surface area contributed by atoms with Crippen LogP contribution in [0, 0.1) is 5.41 Å². The molecule has 2 heterocycles. The number of imidazole rings is 1. The largest absolute Gasteiger partial charge is 0.402 e. The second kappa shape index (κ2) is 11.7. The van der Waals surface area contributed by atoms with E-state index in [2.05, 4.69) is 112 Å². The SMILES string of the molecule is CC(C)(C)C(O[SiH](c1ccccc1)c1ccccc1)c1cn(COCC[Si](C)(C)C)c(-c2ccon2)n1. The first-order chi connectivity index (χ1) is 17.6. The Kier molecular flexibility index (Phi) is 8.64. The molecule has 0 saturated carbocycles. The van der Waals surface area contributed by atoms with Crippen molar-refractivity contribution in [2.75, 3.05) is 6.61 Å². The Hall–Kier alpha value is -2.79. The Labute approximate surface area is 223 Å². The van der Waals surface area contributed by atoms with Crippen LogP contribution in [-0.2, 0) is 15.9 Å². The summed E-state index contributed by atoms with van der Waals surface area (Å²) in [6.07, 6.45) is 3.42. The Bertz CT molecular complexity index is 1190. The Morgan fingerprint density at radius 1 is 0.946 bits per heavy atom. The van der Waals surface area contributed by atoms with Gasteiger partial charge >= 0.3 is 0 Å². The maximum absolute atomic E-state index is 7.11. The minimum Gasteiger partial charge on any atom is -0.402 e. The zero-order valence-electron chi connectivity index (χ0n) is 22.8. The van der Waals surface area contributed by atoms with E-state index in [1.807, 2.05) is 10.6 Å². The van der Waals surface area contributed by atoms with Gasteiger partial charge in [-0.2, -0.15) is 0 Å². The van der Waals surface area contributed by atoms with Gasteiger partial charge in [0.05, 0.1) is 11.8 Å². The molecule has 8 heteroatoms. The molecule has 4 aromatic rings. The summed E-state index contributed by atoms with van der Waals surface area (Å²) < 4.78 is 20.4. The van der Waals surface area contributed by atoms with Crippen LogP contribution in [-0.4, -0.2) is 38.4 Å². The minimum atomic E-state index is -2.00. The molecule has 0 aliphatic rings. The lowest BCUT2D eigenvalue weighted by Crippen LogP contribution is -2.47. The summed E-state index contributed by atoms with van der Waals surface area (Å²) in [5, 5.41) is 6.65. The average molecular weight is 534 g/mol. The van der Waals surface area contributed by atoms with Gasteiger partial charge in [-0.05, 0) is 21.8 Å². The molecule has 0 N–H and O–H groups in total. The van der Waals surface area contributed by atoms with Crippen LogP contribution in [0.1, 0.15) is 32.6 Å². The molecule has 0 spiro atoms. The molecule has 0 saturated heterocycles. The van der Waals surface area contributed by atoms with Crippen LogP contribution in [0.25, 0.3) is 11.5 Å². The van der Waals surface area contributed by atoms with Crippen LogP contribution in [0.4, 0.5) is 0 Å². The van der Waals surface area contributed by atoms with Gasteiger partial charge in [-0.1, -0.05) is 106 Å². The lowest BCUT2D eigenvalue weighted by molar-refractivity contribution is 0.0817. The molecule has 0 bridgehead atoms. The number of nitrogens with zero attached hydrogens (tertiary/aromatic N) is 3. The van der Waals surface area contributed by atoms with E-state index < -0.39 is 17.1 Å². The normalized spacial score (nSPS) is 13.3. The highest BCUT2D eigenvalue weighted by atomic mass is 28.3. The fraction of sp³-hybridized carbons (Fsp3) is 0.379. The van der Waals surface area contributed by atoms with Crippen molar-refractivity contribution in [2.24, 2.45) is 5.41 Å². The molecular formula is C29H39N3O3Si2. The van der Waals surface area contributed by atoms with Crippen molar-refractivity contribution in [2.45, 2.75) is 59.3 Å². The molecule has 1 unspecified atom stereocenters. The summed E-state index contributed by atoms with van der Waals surface area (Å²) >= 11 is 0. The van der Waals surface area contributed by atoms with E-state index in [4.69, 9.17) is 18.7 Å². The van der Waals surface area contributed by atoms with Gasteiger partial charge in [0.1, 0.15) is 18.7 Å². The Morgan fingerprint density at radius 2 is 1.57 bits per heavy atom. The van der Waals surface area contributed by atoms with E-state index in [0.717, 1.165) is 24.2 Å². The van der Waals surface area contributed by atoms with Crippen LogP contribution in [0.2, 0.25) is 25.7 Å². The summed E-state index contributed by atoms with van der Waals surface area (Å²) in [6.45, 7) is 14.8. The molecule has 4 rings (SSSR count). The van der Waals surface area contributed by atoms with Gasteiger partial charge < -0.3 is 18.3 Å². The van der Waals surface area contributed by atoms with Crippen LogP contribution >= 0.6 is 0 Å². The fourth-order valence-electron chi connectivity index (χ4n) is 4.19. The average Bonchev–Trinajstić information content (AvgIpc) is 3.52. The van der Waals surface area contributed by atoms with Crippen molar-refractivity contribution < 1.29 is 13.7 Å². The van der Waals surface area contributed by atoms with Crippen molar-refractivity contribution in [3.63, 3.8) is 0 Å². The highest BCUT2D eigenvalue weighted by Gasteiger charge is 2.34. The number of rotatable bonds is 11. The molecule has 2 aromatic carbocycles. The first-order valence-electron chi connectivity index (χ1n) is 12.9. The van der Waals surface area contributed by atoms with Crippen molar-refractivity contribution >= 4 is 27.5 Å². The number of hydrogen-bond donors (Lipinski definition) is 0. The topological polar surface area (TPSA) is 62.3 Å². The number of benzene rings is 2. The zero-order chi connectivity index (χ0) is 26.5. The third-order valence-electron chi connectivity index (χ3n) is 6.22. The van der Waals surface area contributed by atoms with Crippen molar-refractivity contribution in [1.29, 1.82) is 0 Å². The molecule has 196 valence electrons. The molecule has 6 nitrogen and oxygen atoms in total. The molecule has 0 aliphatic heterocycles. The first kappa shape index (κ1) is 27.3. The third-order valence-corrected chi connectivity index (χ3v) is 10.5. The van der Waals surface area contributed by atoms with E-state index in [1.54, 1.807) is 6.26 Å². The lowest BCUT2D eigenvalue weighted by Gasteiger charge is -2.33. The van der Waals surface area contributed by atoms with Gasteiger partial charge in [0, 0.05) is 26.9 Å². The summed E-state index contributed by atoms with van der Waals surface area (Å²) in [6, 6.07) is 24.1. The molecule has 0 aliphatic carbocycles. The van der Waals surface area contributed by atoms with E-state index in [-0.39, 0.29) is 11.5 Å². The van der Waals surface area contributed by atoms with Gasteiger partial charge in [-0.25, -0.2) is 4.98 Å². The Morgan fingerprint density at radius 3 is 2.08 bits per heavy atom. The predicted octanol–water partition coefficient (Wildman–Crippen LogP) is 5.49. The van der Waals surface area contributed by atoms with E-state index in [0.29, 0.717) is 12.4 Å². The fourth-order valence-corrected chi connectivity index (χ4v) is 7.61. The van der Waals surface area contributed by atoms with Gasteiger partial charge in [-0.15, -0.1) is 0 Å². The number of ether oxygens (including phenoxy) is 1. The highest BCUT2D eigenvalue weighted by molar-refractivity contribution is 6.80. The second-order valence-corrected chi connectivity index (χ2v) is 19.8. The smallest absolute Gasteiger partial charge is 0.240 e. The number of aromatic nitrogens is 3. The molecule has 37 heavy (non-hydrogen) atoms. The van der Waals surface area contributed by atoms with E-state index in [9.17, 15) is 0 Å². The number of hydrogen-bond acceptors (Lipinski definition) is 5. The van der Waals surface area contributed by atoms with Crippen molar-refractivity contribution in [3.8, 4) is 11.5 Å². The summed E-state index contributed by atoms with van der Waals surface area (Å²) in [7, 11) is -3.18. The third kappa shape index (κ3) is 7.38. The molecule has 2 aromatic heterocycles. The van der Waals surface area contributed by atoms with Gasteiger partial charge in [0.15, 0.2) is 5.82 Å². The first-order valence-corrected chi connectivity index (χ1v) is 18.3. The van der Waals surface area contributed by atoms with E-state index in [1.165, 1.54) is 10.4 Å². The van der Waals surface area contributed by atoms with Gasteiger partial charge in [0.25, 0.3) is 0 Å². The molecular weight excluding hydrogens is 495 g/mol. The summed E-state index contributed by atoms with van der Waals surface area (Å²) in [5.74, 6) is 0.729.